The van der Waals surface area contributed by atoms with E-state index in [0.717, 1.165) is 30.5 Å². The van der Waals surface area contributed by atoms with Gasteiger partial charge in [-0.25, -0.2) is 13.6 Å². The molecular weight excluding hydrogens is 404 g/mol. The Morgan fingerprint density at radius 3 is 2.74 bits per heavy atom. The van der Waals surface area contributed by atoms with Crippen LogP contribution >= 0.6 is 0 Å². The van der Waals surface area contributed by atoms with E-state index >= 15 is 0 Å². The summed E-state index contributed by atoms with van der Waals surface area (Å²) in [5.41, 5.74) is 1.72. The number of alkyl halides is 2. The number of hydrogen-bond donors (Lipinski definition) is 0. The van der Waals surface area contributed by atoms with Gasteiger partial charge in [-0.2, -0.15) is 0 Å². The number of halogens is 2. The Labute approximate surface area is 181 Å². The third-order valence-electron chi connectivity index (χ3n) is 6.39. The van der Waals surface area contributed by atoms with Crippen LogP contribution in [0.2, 0.25) is 0 Å². The molecule has 0 N–H and O–H groups in total. The maximum absolute atomic E-state index is 13.3. The zero-order valence-corrected chi connectivity index (χ0v) is 17.8. The van der Waals surface area contributed by atoms with Crippen LogP contribution < -0.4 is 0 Å². The first-order valence-electron chi connectivity index (χ1n) is 10.9. The Balaban J connectivity index is 1.28. The zero-order chi connectivity index (χ0) is 22.0. The van der Waals surface area contributed by atoms with Gasteiger partial charge >= 0.3 is 6.09 Å². The fourth-order valence-electron chi connectivity index (χ4n) is 4.64. The summed E-state index contributed by atoms with van der Waals surface area (Å²) in [5, 5.41) is 0. The van der Waals surface area contributed by atoms with Gasteiger partial charge in [-0.1, -0.05) is 36.4 Å². The van der Waals surface area contributed by atoms with E-state index in [1.165, 1.54) is 4.90 Å². The quantitative estimate of drug-likeness (QED) is 0.688. The second kappa shape index (κ2) is 8.94. The van der Waals surface area contributed by atoms with Crippen molar-refractivity contribution in [2.24, 2.45) is 0 Å². The van der Waals surface area contributed by atoms with Crippen molar-refractivity contribution in [3.05, 3.63) is 47.7 Å². The molecule has 1 aromatic carbocycles. The largest absolute Gasteiger partial charge is 0.445 e. The molecule has 2 atom stereocenters. The lowest BCUT2D eigenvalue weighted by molar-refractivity contribution is -0.138. The Morgan fingerprint density at radius 1 is 1.26 bits per heavy atom. The van der Waals surface area contributed by atoms with Gasteiger partial charge in [0.25, 0.3) is 5.92 Å². The van der Waals surface area contributed by atoms with Crippen molar-refractivity contribution in [2.75, 3.05) is 26.2 Å². The first kappa shape index (κ1) is 21.7. The van der Waals surface area contributed by atoms with Gasteiger partial charge in [0.1, 0.15) is 12.6 Å². The zero-order valence-electron chi connectivity index (χ0n) is 17.8. The number of likely N-dealkylation sites (tertiary alicyclic amines) is 1. The average molecular weight is 433 g/mol. The molecule has 0 bridgehead atoms. The first-order valence-corrected chi connectivity index (χ1v) is 10.9. The highest BCUT2D eigenvalue weighted by Gasteiger charge is 2.43. The second-order valence-electron chi connectivity index (χ2n) is 8.66. The Bertz CT molecular complexity index is 846. The summed E-state index contributed by atoms with van der Waals surface area (Å²) in [6.07, 6.45) is 3.71. The van der Waals surface area contributed by atoms with Crippen LogP contribution in [0.4, 0.5) is 13.6 Å². The predicted octanol–water partition coefficient (Wildman–Crippen LogP) is 3.63. The van der Waals surface area contributed by atoms with Crippen molar-refractivity contribution in [3.8, 4) is 0 Å². The molecule has 4 rings (SSSR count). The smallest absolute Gasteiger partial charge is 0.411 e. The number of rotatable bonds is 6. The summed E-state index contributed by atoms with van der Waals surface area (Å²) in [6.45, 7) is 3.12. The minimum atomic E-state index is -2.57. The average Bonchev–Trinajstić information content (AvgIpc) is 3.32. The number of fused-ring (bicyclic) bond motifs is 1. The van der Waals surface area contributed by atoms with Crippen LogP contribution in [0.15, 0.2) is 42.1 Å². The minimum absolute atomic E-state index is 0.0375. The molecule has 8 heteroatoms. The van der Waals surface area contributed by atoms with Crippen LogP contribution in [0.25, 0.3) is 0 Å². The lowest BCUT2D eigenvalue weighted by Gasteiger charge is -2.40. The van der Waals surface area contributed by atoms with Gasteiger partial charge in [0.05, 0.1) is 13.1 Å². The SMILES string of the molecule is C[C@H]1C(=O)N2C(=CC[C@@H]2CCCN2CCC(F)(F)C2)CN1C(=O)OCc1ccccc1. The fourth-order valence-corrected chi connectivity index (χ4v) is 4.64. The van der Waals surface area contributed by atoms with Gasteiger partial charge in [0.2, 0.25) is 5.91 Å². The topological polar surface area (TPSA) is 53.1 Å². The molecule has 6 nitrogen and oxygen atoms in total. The van der Waals surface area contributed by atoms with Crippen molar-refractivity contribution in [3.63, 3.8) is 0 Å². The standard InChI is InChI=1S/C23H29F2N3O3/c1-17-21(29)28-19(8-5-12-26-13-11-23(24,25)16-26)9-10-20(28)14-27(17)22(30)31-15-18-6-3-2-4-7-18/h2-4,6-7,10,17,19H,5,8-9,11-16H2,1H3/t17-,19-/m0/s1. The summed E-state index contributed by atoms with van der Waals surface area (Å²) in [5.74, 6) is -2.68. The molecule has 1 aromatic rings. The predicted molar refractivity (Wildman–Crippen MR) is 111 cm³/mol. The number of carbonyl (C=O) groups excluding carboxylic acids is 2. The molecule has 0 spiro atoms. The second-order valence-corrected chi connectivity index (χ2v) is 8.66. The third-order valence-corrected chi connectivity index (χ3v) is 6.39. The number of nitrogens with zero attached hydrogens (tertiary/aromatic N) is 3. The molecule has 0 aliphatic carbocycles. The van der Waals surface area contributed by atoms with Crippen LogP contribution in [0.3, 0.4) is 0 Å². The van der Waals surface area contributed by atoms with E-state index in [0.29, 0.717) is 19.6 Å². The fraction of sp³-hybridized carbons (Fsp3) is 0.565. The Kier molecular flexibility index (Phi) is 6.27. The van der Waals surface area contributed by atoms with Crippen LogP contribution in [0.1, 0.15) is 38.2 Å². The summed E-state index contributed by atoms with van der Waals surface area (Å²) in [6, 6.07) is 8.86. The van der Waals surface area contributed by atoms with Crippen molar-refractivity contribution in [1.29, 1.82) is 0 Å². The molecule has 3 aliphatic heterocycles. The lowest BCUT2D eigenvalue weighted by atomic mass is 10.1. The first-order chi connectivity index (χ1) is 14.8. The molecule has 31 heavy (non-hydrogen) atoms. The molecule has 168 valence electrons. The van der Waals surface area contributed by atoms with Crippen molar-refractivity contribution < 1.29 is 23.1 Å². The summed E-state index contributed by atoms with van der Waals surface area (Å²) in [7, 11) is 0. The molecule has 3 heterocycles. The maximum Gasteiger partial charge on any atom is 0.411 e. The summed E-state index contributed by atoms with van der Waals surface area (Å²) >= 11 is 0. The van der Waals surface area contributed by atoms with Gasteiger partial charge in [-0.3, -0.25) is 14.6 Å². The number of hydrogen-bond acceptors (Lipinski definition) is 4. The van der Waals surface area contributed by atoms with Gasteiger partial charge in [0.15, 0.2) is 0 Å². The third kappa shape index (κ3) is 4.89. The number of amides is 2. The van der Waals surface area contributed by atoms with Gasteiger partial charge < -0.3 is 9.64 Å². The highest BCUT2D eigenvalue weighted by Crippen LogP contribution is 2.32. The molecule has 0 aromatic heterocycles. The van der Waals surface area contributed by atoms with Crippen LogP contribution in [-0.2, 0) is 16.1 Å². The molecule has 0 unspecified atom stereocenters. The molecule has 0 radical (unpaired) electrons. The molecule has 2 saturated heterocycles. The summed E-state index contributed by atoms with van der Waals surface area (Å²) < 4.78 is 32.1. The van der Waals surface area contributed by atoms with Gasteiger partial charge in [0, 0.05) is 24.7 Å². The van der Waals surface area contributed by atoms with E-state index in [1.807, 2.05) is 41.3 Å². The van der Waals surface area contributed by atoms with Crippen molar-refractivity contribution >= 4 is 12.0 Å². The molecule has 3 aliphatic rings. The minimum Gasteiger partial charge on any atom is -0.445 e. The van der Waals surface area contributed by atoms with E-state index in [1.54, 1.807) is 11.8 Å². The van der Waals surface area contributed by atoms with Crippen molar-refractivity contribution in [1.82, 2.24) is 14.7 Å². The number of carbonyl (C=O) groups is 2. The molecule has 0 saturated carbocycles. The van der Waals surface area contributed by atoms with Gasteiger partial charge in [-0.15, -0.1) is 0 Å². The van der Waals surface area contributed by atoms with Crippen LogP contribution in [0, 0.1) is 0 Å². The van der Waals surface area contributed by atoms with E-state index in [9.17, 15) is 18.4 Å². The highest BCUT2D eigenvalue weighted by molar-refractivity contribution is 5.89. The monoisotopic (exact) mass is 433 g/mol. The van der Waals surface area contributed by atoms with E-state index in [-0.39, 0.29) is 31.5 Å². The number of piperazine rings is 1. The molecular formula is C23H29F2N3O3. The Morgan fingerprint density at radius 2 is 2.03 bits per heavy atom. The summed E-state index contributed by atoms with van der Waals surface area (Å²) in [4.78, 5) is 30.7. The van der Waals surface area contributed by atoms with Gasteiger partial charge in [-0.05, 0) is 38.3 Å². The maximum atomic E-state index is 13.3. The highest BCUT2D eigenvalue weighted by atomic mass is 19.3. The number of ether oxygens (including phenoxy) is 1. The Hall–Kier alpha value is -2.48. The van der Waals surface area contributed by atoms with E-state index in [4.69, 9.17) is 4.74 Å². The van der Waals surface area contributed by atoms with E-state index in [2.05, 4.69) is 0 Å². The normalized spacial score (nSPS) is 25.5. The molecule has 2 fully saturated rings. The van der Waals surface area contributed by atoms with Crippen molar-refractivity contribution in [2.45, 2.75) is 57.2 Å². The van der Waals surface area contributed by atoms with Crippen LogP contribution in [0.5, 0.6) is 0 Å². The molecule has 2 amide bonds. The van der Waals surface area contributed by atoms with Crippen LogP contribution in [-0.4, -0.2) is 70.9 Å². The lowest BCUT2D eigenvalue weighted by Crippen LogP contribution is -2.57. The van der Waals surface area contributed by atoms with E-state index < -0.39 is 18.1 Å². The number of benzene rings is 1.